The van der Waals surface area contributed by atoms with Gasteiger partial charge in [-0.3, -0.25) is 9.59 Å². The standard InChI is InChI=1S/C23H20ClNO4/c1-14-5-3-4-6-16(14)13-25-19-9-8-17(24)11-18(19)23(28,22(25)27)12-20(26)21-10-7-15(2)29-21/h3-11,28H,12-13H2,1-2H3/t23-/m1/s1. The van der Waals surface area contributed by atoms with Crippen LogP contribution in [-0.2, 0) is 16.9 Å². The second kappa shape index (κ2) is 7.17. The Balaban J connectivity index is 1.73. The average Bonchev–Trinajstić information content (AvgIpc) is 3.20. The van der Waals surface area contributed by atoms with E-state index in [9.17, 15) is 14.7 Å². The molecule has 0 saturated heterocycles. The largest absolute Gasteiger partial charge is 0.458 e. The summed E-state index contributed by atoms with van der Waals surface area (Å²) in [5.41, 5.74) is 0.877. The SMILES string of the molecule is Cc1ccc(C(=O)C[C@]2(O)C(=O)N(Cc3ccccc3C)c3ccc(Cl)cc32)o1. The van der Waals surface area contributed by atoms with Crippen LogP contribution in [0.15, 0.2) is 59.0 Å². The van der Waals surface area contributed by atoms with Crippen molar-refractivity contribution in [3.05, 3.63) is 87.8 Å². The number of hydrogen-bond donors (Lipinski definition) is 1. The van der Waals surface area contributed by atoms with Gasteiger partial charge in [-0.15, -0.1) is 0 Å². The van der Waals surface area contributed by atoms with Crippen molar-refractivity contribution in [1.82, 2.24) is 0 Å². The summed E-state index contributed by atoms with van der Waals surface area (Å²) in [4.78, 5) is 27.6. The summed E-state index contributed by atoms with van der Waals surface area (Å²) in [5, 5.41) is 11.8. The first kappa shape index (κ1) is 19.4. The van der Waals surface area contributed by atoms with E-state index in [0.29, 0.717) is 22.0 Å². The molecule has 1 amide bonds. The first-order chi connectivity index (χ1) is 13.8. The fraction of sp³-hybridized carbons (Fsp3) is 0.217. The van der Waals surface area contributed by atoms with E-state index in [4.69, 9.17) is 16.0 Å². The number of hydrogen-bond acceptors (Lipinski definition) is 4. The Morgan fingerprint density at radius 1 is 1.14 bits per heavy atom. The number of aliphatic hydroxyl groups is 1. The van der Waals surface area contributed by atoms with Crippen molar-refractivity contribution in [2.45, 2.75) is 32.4 Å². The molecule has 148 valence electrons. The van der Waals surface area contributed by atoms with Crippen molar-refractivity contribution in [1.29, 1.82) is 0 Å². The van der Waals surface area contributed by atoms with E-state index in [-0.39, 0.29) is 12.3 Å². The highest BCUT2D eigenvalue weighted by atomic mass is 35.5. The van der Waals surface area contributed by atoms with E-state index < -0.39 is 23.7 Å². The summed E-state index contributed by atoms with van der Waals surface area (Å²) in [5.74, 6) is -0.292. The van der Waals surface area contributed by atoms with E-state index in [2.05, 4.69) is 0 Å². The van der Waals surface area contributed by atoms with Crippen LogP contribution in [0, 0.1) is 13.8 Å². The molecule has 29 heavy (non-hydrogen) atoms. The third-order valence-electron chi connectivity index (χ3n) is 5.32. The van der Waals surface area contributed by atoms with Crippen molar-refractivity contribution in [3.8, 4) is 0 Å². The summed E-state index contributed by atoms with van der Waals surface area (Å²) in [6.07, 6.45) is -0.420. The summed E-state index contributed by atoms with van der Waals surface area (Å²) in [6.45, 7) is 3.98. The van der Waals surface area contributed by atoms with Crippen molar-refractivity contribution < 1.29 is 19.1 Å². The topological polar surface area (TPSA) is 70.8 Å². The number of nitrogens with zero attached hydrogens (tertiary/aromatic N) is 1. The summed E-state index contributed by atoms with van der Waals surface area (Å²) in [7, 11) is 0. The number of aryl methyl sites for hydroxylation is 2. The third kappa shape index (κ3) is 3.37. The second-order valence-corrected chi connectivity index (χ2v) is 7.79. The molecule has 0 spiro atoms. The van der Waals surface area contributed by atoms with Crippen LogP contribution in [0.3, 0.4) is 0 Å². The molecule has 0 radical (unpaired) electrons. The molecule has 0 fully saturated rings. The van der Waals surface area contributed by atoms with Gasteiger partial charge in [-0.05, 0) is 55.3 Å². The van der Waals surface area contributed by atoms with Crippen LogP contribution in [0.4, 0.5) is 5.69 Å². The maximum Gasteiger partial charge on any atom is 0.264 e. The highest BCUT2D eigenvalue weighted by Gasteiger charge is 2.51. The number of furan rings is 1. The van der Waals surface area contributed by atoms with Crippen molar-refractivity contribution >= 4 is 29.0 Å². The van der Waals surface area contributed by atoms with Crippen LogP contribution in [0.25, 0.3) is 0 Å². The summed E-state index contributed by atoms with van der Waals surface area (Å²) < 4.78 is 5.37. The molecule has 1 N–H and O–H groups in total. The Labute approximate surface area is 173 Å². The van der Waals surface area contributed by atoms with Gasteiger partial charge in [0.25, 0.3) is 5.91 Å². The maximum absolute atomic E-state index is 13.3. The molecule has 5 nitrogen and oxygen atoms in total. The molecule has 0 aliphatic carbocycles. The lowest BCUT2D eigenvalue weighted by Crippen LogP contribution is -2.41. The van der Waals surface area contributed by atoms with Gasteiger partial charge in [0.05, 0.1) is 18.7 Å². The monoisotopic (exact) mass is 409 g/mol. The van der Waals surface area contributed by atoms with E-state index in [1.54, 1.807) is 37.3 Å². The number of fused-ring (bicyclic) bond motifs is 1. The number of halogens is 1. The van der Waals surface area contributed by atoms with Crippen LogP contribution in [0.5, 0.6) is 0 Å². The number of carbonyl (C=O) groups is 2. The molecule has 0 saturated carbocycles. The molecule has 6 heteroatoms. The lowest BCUT2D eigenvalue weighted by Gasteiger charge is -2.23. The number of rotatable bonds is 5. The van der Waals surface area contributed by atoms with Gasteiger partial charge in [0.15, 0.2) is 11.4 Å². The normalized spacial score (nSPS) is 18.2. The molecule has 3 aromatic rings. The molecular formula is C23H20ClNO4. The van der Waals surface area contributed by atoms with Crippen LogP contribution in [0.2, 0.25) is 5.02 Å². The molecule has 0 unspecified atom stereocenters. The fourth-order valence-corrected chi connectivity index (χ4v) is 3.88. The van der Waals surface area contributed by atoms with Gasteiger partial charge >= 0.3 is 0 Å². The van der Waals surface area contributed by atoms with Gasteiger partial charge in [0.2, 0.25) is 5.78 Å². The first-order valence-corrected chi connectivity index (χ1v) is 9.66. The molecule has 2 aromatic carbocycles. The van der Waals surface area contributed by atoms with Gasteiger partial charge in [0.1, 0.15) is 5.76 Å². The predicted octanol–water partition coefficient (Wildman–Crippen LogP) is 4.56. The van der Waals surface area contributed by atoms with Crippen LogP contribution < -0.4 is 4.90 Å². The van der Waals surface area contributed by atoms with Gasteiger partial charge in [-0.1, -0.05) is 35.9 Å². The average molecular weight is 410 g/mol. The van der Waals surface area contributed by atoms with Gasteiger partial charge in [-0.25, -0.2) is 0 Å². The van der Waals surface area contributed by atoms with Gasteiger partial charge in [0, 0.05) is 10.6 Å². The Bertz CT molecular complexity index is 1120. The van der Waals surface area contributed by atoms with E-state index in [1.165, 1.54) is 4.90 Å². The molecule has 1 aliphatic rings. The maximum atomic E-state index is 13.3. The number of carbonyl (C=O) groups excluding carboxylic acids is 2. The molecule has 1 aliphatic heterocycles. The minimum atomic E-state index is -2.00. The Morgan fingerprint density at radius 3 is 2.59 bits per heavy atom. The van der Waals surface area contributed by atoms with E-state index in [1.807, 2.05) is 31.2 Å². The fourth-order valence-electron chi connectivity index (χ4n) is 3.71. The smallest absolute Gasteiger partial charge is 0.264 e. The third-order valence-corrected chi connectivity index (χ3v) is 5.55. The number of benzene rings is 2. The van der Waals surface area contributed by atoms with Crippen molar-refractivity contribution in [2.24, 2.45) is 0 Å². The summed E-state index contributed by atoms with van der Waals surface area (Å²) >= 11 is 6.14. The first-order valence-electron chi connectivity index (χ1n) is 9.28. The minimum Gasteiger partial charge on any atom is -0.458 e. The van der Waals surface area contributed by atoms with Crippen molar-refractivity contribution in [2.75, 3.05) is 4.90 Å². The minimum absolute atomic E-state index is 0.115. The van der Waals surface area contributed by atoms with Crippen LogP contribution in [-0.4, -0.2) is 16.8 Å². The zero-order chi connectivity index (χ0) is 20.8. The quantitative estimate of drug-likeness (QED) is 0.627. The highest BCUT2D eigenvalue weighted by Crippen LogP contribution is 2.45. The van der Waals surface area contributed by atoms with Crippen molar-refractivity contribution in [3.63, 3.8) is 0 Å². The molecule has 4 rings (SSSR count). The molecule has 1 atom stereocenters. The molecule has 2 heterocycles. The molecular weight excluding hydrogens is 390 g/mol. The molecule has 1 aromatic heterocycles. The second-order valence-electron chi connectivity index (χ2n) is 7.35. The van der Waals surface area contributed by atoms with Crippen LogP contribution in [0.1, 0.15) is 39.4 Å². The number of amides is 1. The lowest BCUT2D eigenvalue weighted by molar-refractivity contribution is -0.136. The van der Waals surface area contributed by atoms with Gasteiger partial charge < -0.3 is 14.4 Å². The number of ketones is 1. The zero-order valence-electron chi connectivity index (χ0n) is 16.1. The molecule has 0 bridgehead atoms. The number of anilines is 1. The highest BCUT2D eigenvalue weighted by molar-refractivity contribution is 6.31. The van der Waals surface area contributed by atoms with E-state index in [0.717, 1.165) is 11.1 Å². The Hall–Kier alpha value is -2.89. The number of Topliss-reactive ketones (excluding diaryl/α,β-unsaturated/α-hetero) is 1. The lowest BCUT2D eigenvalue weighted by atomic mass is 9.89. The summed E-state index contributed by atoms with van der Waals surface area (Å²) in [6, 6.07) is 15.9. The zero-order valence-corrected chi connectivity index (χ0v) is 16.9. The van der Waals surface area contributed by atoms with E-state index >= 15 is 0 Å². The predicted molar refractivity (Wildman–Crippen MR) is 110 cm³/mol. The van der Waals surface area contributed by atoms with Crippen LogP contribution >= 0.6 is 11.6 Å². The van der Waals surface area contributed by atoms with Gasteiger partial charge in [-0.2, -0.15) is 0 Å². The Kier molecular flexibility index (Phi) is 4.81. The Morgan fingerprint density at radius 2 is 1.90 bits per heavy atom.